The fourth-order valence-corrected chi connectivity index (χ4v) is 4.64. The number of carbonyl (C=O) groups excluding carboxylic acids is 4. The fraction of sp³-hybridized carbons (Fsp3) is 0.143. The normalized spacial score (nSPS) is 14.0. The summed E-state index contributed by atoms with van der Waals surface area (Å²) in [4.78, 5) is 62.0. The minimum atomic E-state index is -1.05. The zero-order chi connectivity index (χ0) is 30.6. The van der Waals surface area contributed by atoms with Crippen LogP contribution in [0.2, 0.25) is 5.02 Å². The molecule has 5 amide bonds. The lowest BCUT2D eigenvalue weighted by atomic mass is 10.1. The molecule has 216 valence electrons. The zero-order valence-corrected chi connectivity index (χ0v) is 24.4. The van der Waals surface area contributed by atoms with Gasteiger partial charge in [0.05, 0.1) is 21.7 Å². The van der Waals surface area contributed by atoms with E-state index in [1.54, 1.807) is 25.1 Å². The number of carbonyl (C=O) groups is 4. The molecule has 0 aromatic heterocycles. The quantitative estimate of drug-likeness (QED) is 0.134. The monoisotopic (exact) mass is 656 g/mol. The molecular weight excluding hydrogens is 636 g/mol. The van der Waals surface area contributed by atoms with Crippen LogP contribution in [0, 0.1) is 17.0 Å². The van der Waals surface area contributed by atoms with E-state index >= 15 is 0 Å². The van der Waals surface area contributed by atoms with E-state index in [-0.39, 0.29) is 36.1 Å². The lowest BCUT2D eigenvalue weighted by Crippen LogP contribution is -2.54. The maximum Gasteiger partial charge on any atom is 0.335 e. The number of aryl methyl sites for hydroxylation is 1. The highest BCUT2D eigenvalue weighted by molar-refractivity contribution is 9.10. The third-order valence-electron chi connectivity index (χ3n) is 5.85. The van der Waals surface area contributed by atoms with Crippen LogP contribution in [0.4, 0.5) is 21.9 Å². The van der Waals surface area contributed by atoms with E-state index in [1.165, 1.54) is 36.4 Å². The van der Waals surface area contributed by atoms with E-state index < -0.39 is 34.2 Å². The molecule has 1 fully saturated rings. The molecule has 3 aromatic carbocycles. The molecule has 12 nitrogen and oxygen atoms in total. The lowest BCUT2D eigenvalue weighted by Gasteiger charge is -2.26. The molecule has 42 heavy (non-hydrogen) atoms. The van der Waals surface area contributed by atoms with Crippen molar-refractivity contribution in [2.45, 2.75) is 13.8 Å². The van der Waals surface area contributed by atoms with Crippen molar-refractivity contribution in [3.05, 3.63) is 90.9 Å². The van der Waals surface area contributed by atoms with Crippen molar-refractivity contribution in [3.8, 4) is 11.5 Å². The molecule has 0 radical (unpaired) electrons. The maximum absolute atomic E-state index is 13.2. The smallest absolute Gasteiger partial charge is 0.335 e. The van der Waals surface area contributed by atoms with Gasteiger partial charge in [0.2, 0.25) is 0 Å². The molecule has 1 heterocycles. The van der Waals surface area contributed by atoms with Crippen molar-refractivity contribution in [2.24, 2.45) is 0 Å². The number of ether oxygens (including phenoxy) is 2. The molecule has 0 atom stereocenters. The Morgan fingerprint density at radius 1 is 1.14 bits per heavy atom. The Balaban J connectivity index is 1.59. The van der Waals surface area contributed by atoms with Gasteiger partial charge in [0.1, 0.15) is 5.57 Å². The van der Waals surface area contributed by atoms with Crippen LogP contribution in [0.3, 0.4) is 0 Å². The highest BCUT2D eigenvalue weighted by Crippen LogP contribution is 2.38. The summed E-state index contributed by atoms with van der Waals surface area (Å²) in [6.07, 6.45) is 1.24. The van der Waals surface area contributed by atoms with Gasteiger partial charge in [0.15, 0.2) is 18.1 Å². The Morgan fingerprint density at radius 2 is 1.90 bits per heavy atom. The fourth-order valence-electron chi connectivity index (χ4n) is 3.88. The summed E-state index contributed by atoms with van der Waals surface area (Å²) >= 11 is 9.49. The Morgan fingerprint density at radius 3 is 2.60 bits per heavy atom. The Labute approximate surface area is 252 Å². The molecule has 1 saturated heterocycles. The molecular formula is C28H22BrClN4O8. The molecule has 1 aliphatic rings. The summed E-state index contributed by atoms with van der Waals surface area (Å²) in [5.41, 5.74) is 0.854. The number of nitrogens with one attached hydrogen (secondary N) is 2. The molecule has 2 N–H and O–H groups in total. The van der Waals surface area contributed by atoms with E-state index in [0.717, 1.165) is 11.6 Å². The van der Waals surface area contributed by atoms with Crippen molar-refractivity contribution in [2.75, 3.05) is 23.4 Å². The summed E-state index contributed by atoms with van der Waals surface area (Å²) < 4.78 is 11.7. The minimum Gasteiger partial charge on any atom is -0.490 e. The number of amides is 5. The van der Waals surface area contributed by atoms with Crippen LogP contribution in [-0.4, -0.2) is 41.9 Å². The Hall–Kier alpha value is -4.75. The average molecular weight is 658 g/mol. The number of rotatable bonds is 9. The first-order valence-corrected chi connectivity index (χ1v) is 13.5. The minimum absolute atomic E-state index is 0.0868. The van der Waals surface area contributed by atoms with Crippen LogP contribution in [0.5, 0.6) is 11.5 Å². The largest absolute Gasteiger partial charge is 0.490 e. The van der Waals surface area contributed by atoms with Crippen LogP contribution in [0.25, 0.3) is 6.08 Å². The van der Waals surface area contributed by atoms with Crippen LogP contribution < -0.4 is 25.0 Å². The van der Waals surface area contributed by atoms with Crippen LogP contribution in [-0.2, 0) is 14.4 Å². The van der Waals surface area contributed by atoms with Gasteiger partial charge in [-0.2, -0.15) is 0 Å². The Kier molecular flexibility index (Phi) is 9.23. The predicted molar refractivity (Wildman–Crippen MR) is 158 cm³/mol. The van der Waals surface area contributed by atoms with Gasteiger partial charge in [0, 0.05) is 22.8 Å². The number of nitro benzene ring substituents is 1. The van der Waals surface area contributed by atoms with Crippen LogP contribution in [0.15, 0.2) is 64.6 Å². The van der Waals surface area contributed by atoms with Crippen LogP contribution in [0.1, 0.15) is 18.1 Å². The first-order chi connectivity index (χ1) is 20.0. The van der Waals surface area contributed by atoms with Gasteiger partial charge < -0.3 is 14.8 Å². The van der Waals surface area contributed by atoms with Gasteiger partial charge in [-0.3, -0.25) is 29.8 Å². The third-order valence-corrected chi connectivity index (χ3v) is 6.84. The first-order valence-electron chi connectivity index (χ1n) is 12.3. The second kappa shape index (κ2) is 12.8. The number of nitrogens with zero attached hydrogens (tertiary/aromatic N) is 2. The van der Waals surface area contributed by atoms with Crippen molar-refractivity contribution in [1.82, 2.24) is 5.32 Å². The van der Waals surface area contributed by atoms with E-state index in [1.807, 2.05) is 6.92 Å². The SMILES string of the molecule is CCOc1cc(/C=C2/C(=O)NC(=O)N(c3cccc([N+](=O)[O-])c3)C2=O)cc(Br)c1OCC(=O)Nc1ccc(C)c(Cl)c1. The highest BCUT2D eigenvalue weighted by Gasteiger charge is 2.37. The number of hydrogen-bond acceptors (Lipinski definition) is 8. The predicted octanol–water partition coefficient (Wildman–Crippen LogP) is 5.40. The molecule has 0 spiro atoms. The molecule has 14 heteroatoms. The van der Waals surface area contributed by atoms with Crippen LogP contribution >= 0.6 is 27.5 Å². The number of halogens is 2. The summed E-state index contributed by atoms with van der Waals surface area (Å²) in [6.45, 7) is 3.43. The maximum atomic E-state index is 13.2. The van der Waals surface area contributed by atoms with Crippen molar-refractivity contribution >= 4 is 74.4 Å². The van der Waals surface area contributed by atoms with Gasteiger partial charge in [-0.1, -0.05) is 23.7 Å². The summed E-state index contributed by atoms with van der Waals surface area (Å²) in [7, 11) is 0. The molecule has 0 bridgehead atoms. The van der Waals surface area contributed by atoms with Crippen molar-refractivity contribution < 1.29 is 33.6 Å². The molecule has 1 aliphatic heterocycles. The van der Waals surface area contributed by atoms with Gasteiger partial charge in [-0.25, -0.2) is 9.69 Å². The number of non-ortho nitro benzene ring substituents is 1. The van der Waals surface area contributed by atoms with Gasteiger partial charge >= 0.3 is 6.03 Å². The number of urea groups is 1. The lowest BCUT2D eigenvalue weighted by molar-refractivity contribution is -0.384. The highest BCUT2D eigenvalue weighted by atomic mass is 79.9. The van der Waals surface area contributed by atoms with Gasteiger partial charge in [-0.05, 0) is 77.3 Å². The topological polar surface area (TPSA) is 157 Å². The number of hydrogen-bond donors (Lipinski definition) is 2. The number of nitro groups is 1. The standard InChI is InChI=1S/C28H22BrClN4O8/c1-3-41-23-11-16(10-21(29)25(23)42-14-24(35)31-17-8-7-15(2)22(30)12-17)9-20-26(36)32-28(38)33(27(20)37)18-5-4-6-19(13-18)34(39)40/h4-13H,3,14H2,1-2H3,(H,31,35)(H,32,36,38)/b20-9-. The number of imide groups is 2. The molecule has 3 aromatic rings. The summed E-state index contributed by atoms with van der Waals surface area (Å²) in [5, 5.41) is 16.4. The number of benzene rings is 3. The number of barbiturate groups is 1. The molecule has 0 aliphatic carbocycles. The summed E-state index contributed by atoms with van der Waals surface area (Å²) in [5.74, 6) is -1.98. The van der Waals surface area contributed by atoms with E-state index in [4.69, 9.17) is 21.1 Å². The van der Waals surface area contributed by atoms with Gasteiger partial charge in [-0.15, -0.1) is 0 Å². The summed E-state index contributed by atoms with van der Waals surface area (Å²) in [6, 6.07) is 12.0. The van der Waals surface area contributed by atoms with E-state index in [9.17, 15) is 29.3 Å². The first kappa shape index (κ1) is 30.2. The van der Waals surface area contributed by atoms with Crippen molar-refractivity contribution in [1.29, 1.82) is 0 Å². The zero-order valence-electron chi connectivity index (χ0n) is 22.1. The molecule has 0 unspecified atom stereocenters. The molecule has 0 saturated carbocycles. The van der Waals surface area contributed by atoms with Crippen molar-refractivity contribution in [3.63, 3.8) is 0 Å². The van der Waals surface area contributed by atoms with E-state index in [0.29, 0.717) is 25.6 Å². The Bertz CT molecular complexity index is 1660. The van der Waals surface area contributed by atoms with Gasteiger partial charge in [0.25, 0.3) is 23.4 Å². The molecule has 4 rings (SSSR count). The second-order valence-electron chi connectivity index (χ2n) is 8.80. The second-order valence-corrected chi connectivity index (χ2v) is 10.1. The third kappa shape index (κ3) is 6.75. The average Bonchev–Trinajstić information content (AvgIpc) is 2.93. The number of anilines is 2. The van der Waals surface area contributed by atoms with E-state index in [2.05, 4.69) is 26.6 Å².